The fourth-order valence-corrected chi connectivity index (χ4v) is 1.71. The monoisotopic (exact) mass is 238 g/mol. The highest BCUT2D eigenvalue weighted by Gasteiger charge is 2.02. The third-order valence-electron chi connectivity index (χ3n) is 2.61. The highest BCUT2D eigenvalue weighted by Crippen LogP contribution is 2.29. The van der Waals surface area contributed by atoms with Crippen LogP contribution < -0.4 is 0 Å². The zero-order valence-electron chi connectivity index (χ0n) is 9.45. The summed E-state index contributed by atoms with van der Waals surface area (Å²) in [5.74, 6) is 0.0997. The van der Waals surface area contributed by atoms with Crippen LogP contribution in [-0.2, 0) is 0 Å². The first-order valence-corrected chi connectivity index (χ1v) is 5.50. The van der Waals surface area contributed by atoms with Crippen LogP contribution in [-0.4, -0.2) is 5.11 Å². The lowest BCUT2D eigenvalue weighted by Gasteiger charge is -1.97. The summed E-state index contributed by atoms with van der Waals surface area (Å²) < 4.78 is 4.96. The van der Waals surface area contributed by atoms with Crippen LogP contribution in [0.3, 0.4) is 0 Å². The van der Waals surface area contributed by atoms with Gasteiger partial charge in [-0.15, -0.1) is 10.2 Å². The number of fused-ring (bicyclic) bond motifs is 1. The quantitative estimate of drug-likeness (QED) is 0.665. The number of azo groups is 1. The normalized spacial score (nSPS) is 11.3. The van der Waals surface area contributed by atoms with Crippen molar-refractivity contribution in [3.63, 3.8) is 0 Å². The molecule has 0 unspecified atom stereocenters. The minimum atomic E-state index is -0.0143. The molecule has 0 saturated heterocycles. The van der Waals surface area contributed by atoms with Gasteiger partial charge in [0.2, 0.25) is 0 Å². The largest absolute Gasteiger partial charge is 0.503 e. The molecular weight excluding hydrogens is 228 g/mol. The van der Waals surface area contributed by atoms with E-state index in [1.54, 1.807) is 0 Å². The lowest BCUT2D eigenvalue weighted by atomic mass is 10.1. The molecule has 1 heterocycles. The molecule has 0 aliphatic heterocycles. The van der Waals surface area contributed by atoms with E-state index in [1.165, 1.54) is 12.3 Å². The van der Waals surface area contributed by atoms with Gasteiger partial charge in [0.1, 0.15) is 0 Å². The van der Waals surface area contributed by atoms with E-state index in [1.807, 2.05) is 42.5 Å². The highest BCUT2D eigenvalue weighted by atomic mass is 16.4. The van der Waals surface area contributed by atoms with Crippen LogP contribution in [0.2, 0.25) is 0 Å². The second kappa shape index (κ2) is 4.33. The SMILES string of the molecule is Oc1ccoc1N=Nc1ccc2ccccc2c1. The summed E-state index contributed by atoms with van der Waals surface area (Å²) in [4.78, 5) is 0. The second-order valence-electron chi connectivity index (χ2n) is 3.84. The van der Waals surface area contributed by atoms with E-state index >= 15 is 0 Å². The number of hydrogen-bond donors (Lipinski definition) is 1. The predicted molar refractivity (Wildman–Crippen MR) is 68.5 cm³/mol. The average molecular weight is 238 g/mol. The van der Waals surface area contributed by atoms with Crippen molar-refractivity contribution in [2.24, 2.45) is 10.2 Å². The van der Waals surface area contributed by atoms with E-state index in [9.17, 15) is 5.11 Å². The number of benzene rings is 2. The maximum atomic E-state index is 9.35. The van der Waals surface area contributed by atoms with Crippen molar-refractivity contribution >= 4 is 22.3 Å². The molecule has 0 saturated carbocycles. The van der Waals surface area contributed by atoms with Crippen LogP contribution in [0.1, 0.15) is 0 Å². The number of nitrogens with zero attached hydrogens (tertiary/aromatic N) is 2. The molecule has 0 radical (unpaired) electrons. The molecule has 4 heteroatoms. The molecule has 88 valence electrons. The summed E-state index contributed by atoms with van der Waals surface area (Å²) in [6, 6.07) is 15.2. The molecule has 18 heavy (non-hydrogen) atoms. The number of furan rings is 1. The molecule has 2 aromatic carbocycles. The Bertz CT molecular complexity index is 716. The minimum Gasteiger partial charge on any atom is -0.503 e. The highest BCUT2D eigenvalue weighted by molar-refractivity contribution is 5.85. The summed E-state index contributed by atoms with van der Waals surface area (Å²) in [5, 5.41) is 19.5. The summed E-state index contributed by atoms with van der Waals surface area (Å²) >= 11 is 0. The van der Waals surface area contributed by atoms with E-state index < -0.39 is 0 Å². The Hall–Kier alpha value is -2.62. The molecule has 0 aliphatic carbocycles. The van der Waals surface area contributed by atoms with Crippen molar-refractivity contribution in [2.75, 3.05) is 0 Å². The lowest BCUT2D eigenvalue weighted by molar-refractivity contribution is 0.462. The van der Waals surface area contributed by atoms with Crippen LogP contribution in [0.5, 0.6) is 5.75 Å². The van der Waals surface area contributed by atoms with Gasteiger partial charge in [0, 0.05) is 6.07 Å². The summed E-state index contributed by atoms with van der Waals surface area (Å²) in [7, 11) is 0. The third-order valence-corrected chi connectivity index (χ3v) is 2.61. The zero-order valence-corrected chi connectivity index (χ0v) is 9.45. The fourth-order valence-electron chi connectivity index (χ4n) is 1.71. The summed E-state index contributed by atoms with van der Waals surface area (Å²) in [5.41, 5.74) is 0.713. The van der Waals surface area contributed by atoms with E-state index in [2.05, 4.69) is 10.2 Å². The fraction of sp³-hybridized carbons (Fsp3) is 0. The van der Waals surface area contributed by atoms with E-state index in [0.717, 1.165) is 10.8 Å². The summed E-state index contributed by atoms with van der Waals surface area (Å²) in [6.07, 6.45) is 1.37. The minimum absolute atomic E-state index is 0.0143. The molecule has 0 aliphatic rings. The Kier molecular flexibility index (Phi) is 2.53. The molecule has 3 aromatic rings. The van der Waals surface area contributed by atoms with Crippen LogP contribution in [0.4, 0.5) is 11.6 Å². The molecule has 0 atom stereocenters. The molecule has 1 aromatic heterocycles. The van der Waals surface area contributed by atoms with Gasteiger partial charge in [-0.1, -0.05) is 30.3 Å². The van der Waals surface area contributed by atoms with Gasteiger partial charge in [-0.2, -0.15) is 0 Å². The maximum Gasteiger partial charge on any atom is 0.281 e. The molecule has 0 bridgehead atoms. The molecule has 3 rings (SSSR count). The van der Waals surface area contributed by atoms with Gasteiger partial charge < -0.3 is 9.52 Å². The Morgan fingerprint density at radius 1 is 0.889 bits per heavy atom. The van der Waals surface area contributed by atoms with Gasteiger partial charge in [-0.05, 0) is 22.9 Å². The van der Waals surface area contributed by atoms with Gasteiger partial charge in [0.05, 0.1) is 12.0 Å². The first kappa shape index (κ1) is 10.5. The first-order chi connectivity index (χ1) is 8.83. The van der Waals surface area contributed by atoms with Gasteiger partial charge in [-0.3, -0.25) is 0 Å². The van der Waals surface area contributed by atoms with E-state index in [0.29, 0.717) is 5.69 Å². The average Bonchev–Trinajstić information content (AvgIpc) is 2.82. The maximum absolute atomic E-state index is 9.35. The smallest absolute Gasteiger partial charge is 0.281 e. The Morgan fingerprint density at radius 2 is 1.72 bits per heavy atom. The van der Waals surface area contributed by atoms with Crippen molar-refractivity contribution in [3.05, 3.63) is 54.8 Å². The molecule has 1 N–H and O–H groups in total. The molecule has 0 amide bonds. The Morgan fingerprint density at radius 3 is 2.50 bits per heavy atom. The van der Waals surface area contributed by atoms with Gasteiger partial charge in [0.15, 0.2) is 5.75 Å². The first-order valence-electron chi connectivity index (χ1n) is 5.50. The number of hydrogen-bond acceptors (Lipinski definition) is 4. The Labute approximate surface area is 103 Å². The van der Waals surface area contributed by atoms with E-state index in [4.69, 9.17) is 4.42 Å². The van der Waals surface area contributed by atoms with E-state index in [-0.39, 0.29) is 11.6 Å². The standard InChI is InChI=1S/C14H10N2O2/c17-13-7-8-18-14(13)16-15-12-6-5-10-3-1-2-4-11(10)9-12/h1-9,17H. The van der Waals surface area contributed by atoms with Gasteiger partial charge in [-0.25, -0.2) is 0 Å². The van der Waals surface area contributed by atoms with Gasteiger partial charge >= 0.3 is 0 Å². The molecule has 0 spiro atoms. The molecule has 0 fully saturated rings. The molecule has 4 nitrogen and oxygen atoms in total. The second-order valence-corrected chi connectivity index (χ2v) is 3.84. The van der Waals surface area contributed by atoms with Crippen LogP contribution in [0.15, 0.2) is 69.4 Å². The number of rotatable bonds is 2. The van der Waals surface area contributed by atoms with Crippen molar-refractivity contribution < 1.29 is 9.52 Å². The van der Waals surface area contributed by atoms with Crippen LogP contribution >= 0.6 is 0 Å². The van der Waals surface area contributed by atoms with Crippen LogP contribution in [0, 0.1) is 0 Å². The van der Waals surface area contributed by atoms with Gasteiger partial charge in [0.25, 0.3) is 5.88 Å². The number of aromatic hydroxyl groups is 1. The molecular formula is C14H10N2O2. The van der Waals surface area contributed by atoms with Crippen molar-refractivity contribution in [2.45, 2.75) is 0 Å². The lowest BCUT2D eigenvalue weighted by Crippen LogP contribution is -1.70. The zero-order chi connectivity index (χ0) is 12.4. The van der Waals surface area contributed by atoms with Crippen LogP contribution in [0.25, 0.3) is 10.8 Å². The third kappa shape index (κ3) is 1.96. The summed E-state index contributed by atoms with van der Waals surface area (Å²) in [6.45, 7) is 0. The van der Waals surface area contributed by atoms with Crippen molar-refractivity contribution in [3.8, 4) is 5.75 Å². The van der Waals surface area contributed by atoms with Crippen molar-refractivity contribution in [1.29, 1.82) is 0 Å². The van der Waals surface area contributed by atoms with Crippen molar-refractivity contribution in [1.82, 2.24) is 0 Å². The predicted octanol–water partition coefficient (Wildman–Crippen LogP) is 4.55. The topological polar surface area (TPSA) is 58.1 Å². The Balaban J connectivity index is 1.95.